The molecule has 136 valence electrons. The number of amides is 1. The van der Waals surface area contributed by atoms with Crippen LogP contribution in [0.1, 0.15) is 32.5 Å². The van der Waals surface area contributed by atoms with Gasteiger partial charge in [0.05, 0.1) is 5.69 Å². The highest BCUT2D eigenvalue weighted by Gasteiger charge is 2.34. The third kappa shape index (κ3) is 3.22. The first kappa shape index (κ1) is 17.7. The number of hydrogen-bond donors (Lipinski definition) is 2. The van der Waals surface area contributed by atoms with Crippen LogP contribution in [-0.4, -0.2) is 17.0 Å². The third-order valence-corrected chi connectivity index (χ3v) is 6.05. The SMILES string of the molecule is O=C1C[C@H](c2ccc(Cl)cc2)c2sc(C(=O)O)c(-c3ccc(F)cc3)c2N1. The summed E-state index contributed by atoms with van der Waals surface area (Å²) in [5.41, 5.74) is 2.33. The minimum atomic E-state index is -1.09. The second-order valence-electron chi connectivity index (χ2n) is 6.21. The van der Waals surface area contributed by atoms with Crippen LogP contribution in [0.5, 0.6) is 0 Å². The lowest BCUT2D eigenvalue weighted by molar-refractivity contribution is -0.116. The van der Waals surface area contributed by atoms with E-state index in [0.29, 0.717) is 21.8 Å². The molecule has 1 aromatic heterocycles. The first-order chi connectivity index (χ1) is 12.9. The number of fused-ring (bicyclic) bond motifs is 1. The van der Waals surface area contributed by atoms with E-state index in [1.54, 1.807) is 12.1 Å². The van der Waals surface area contributed by atoms with Crippen molar-refractivity contribution < 1.29 is 19.1 Å². The Hall–Kier alpha value is -2.70. The Balaban J connectivity index is 1.92. The number of carbonyl (C=O) groups excluding carboxylic acids is 1. The van der Waals surface area contributed by atoms with Gasteiger partial charge in [-0.15, -0.1) is 11.3 Å². The minimum absolute atomic E-state index is 0.118. The molecule has 1 atom stereocenters. The maximum absolute atomic E-state index is 13.3. The van der Waals surface area contributed by atoms with Gasteiger partial charge in [-0.2, -0.15) is 0 Å². The molecule has 1 aliphatic rings. The Morgan fingerprint density at radius 2 is 1.81 bits per heavy atom. The molecule has 7 heteroatoms. The van der Waals surface area contributed by atoms with Crippen molar-refractivity contribution in [3.05, 3.63) is 74.7 Å². The second-order valence-corrected chi connectivity index (χ2v) is 7.70. The smallest absolute Gasteiger partial charge is 0.346 e. The van der Waals surface area contributed by atoms with E-state index in [1.165, 1.54) is 24.3 Å². The fourth-order valence-corrected chi connectivity index (χ4v) is 4.67. The van der Waals surface area contributed by atoms with E-state index in [1.807, 2.05) is 12.1 Å². The Morgan fingerprint density at radius 1 is 1.15 bits per heavy atom. The third-order valence-electron chi connectivity index (χ3n) is 4.51. The monoisotopic (exact) mass is 401 g/mol. The molecule has 3 aromatic rings. The summed E-state index contributed by atoms with van der Waals surface area (Å²) in [4.78, 5) is 25.1. The molecule has 4 rings (SSSR count). The average molecular weight is 402 g/mol. The number of halogens is 2. The van der Waals surface area contributed by atoms with E-state index in [4.69, 9.17) is 11.6 Å². The number of carboxylic acids is 1. The average Bonchev–Trinajstić information content (AvgIpc) is 3.02. The van der Waals surface area contributed by atoms with Crippen molar-refractivity contribution in [2.75, 3.05) is 5.32 Å². The van der Waals surface area contributed by atoms with E-state index >= 15 is 0 Å². The lowest BCUT2D eigenvalue weighted by atomic mass is 9.89. The van der Waals surface area contributed by atoms with Gasteiger partial charge in [-0.05, 0) is 35.4 Å². The zero-order valence-corrected chi connectivity index (χ0v) is 15.4. The summed E-state index contributed by atoms with van der Waals surface area (Å²) in [6, 6.07) is 12.7. The Kier molecular flexibility index (Phi) is 4.45. The normalized spacial score (nSPS) is 15.9. The van der Waals surface area contributed by atoms with Crippen molar-refractivity contribution in [2.24, 2.45) is 0 Å². The standard InChI is InChI=1S/C20H13ClFNO3S/c21-12-5-1-10(2-6-12)14-9-15(24)23-17-16(11-3-7-13(22)8-4-11)19(20(25)26)27-18(14)17/h1-8,14H,9H2,(H,23,24)(H,25,26)/t14-/m1/s1. The van der Waals surface area contributed by atoms with Gasteiger partial charge in [0.2, 0.25) is 5.91 Å². The van der Waals surface area contributed by atoms with Crippen LogP contribution < -0.4 is 5.32 Å². The Labute approximate surface area is 163 Å². The molecule has 0 saturated carbocycles. The van der Waals surface area contributed by atoms with Crippen molar-refractivity contribution in [1.29, 1.82) is 0 Å². The second kappa shape index (κ2) is 6.79. The number of thiophene rings is 1. The van der Waals surface area contributed by atoms with Gasteiger partial charge in [0, 0.05) is 27.8 Å². The molecule has 4 nitrogen and oxygen atoms in total. The van der Waals surface area contributed by atoms with Crippen LogP contribution in [0.3, 0.4) is 0 Å². The van der Waals surface area contributed by atoms with Gasteiger partial charge in [-0.3, -0.25) is 4.79 Å². The molecule has 2 heterocycles. The summed E-state index contributed by atoms with van der Waals surface area (Å²) >= 11 is 7.10. The first-order valence-corrected chi connectivity index (χ1v) is 9.34. The number of carboxylic acid groups (broad SMARTS) is 1. The maximum atomic E-state index is 13.3. The quantitative estimate of drug-likeness (QED) is 0.619. The summed E-state index contributed by atoms with van der Waals surface area (Å²) in [7, 11) is 0. The highest BCUT2D eigenvalue weighted by atomic mass is 35.5. The van der Waals surface area contributed by atoms with E-state index in [9.17, 15) is 19.1 Å². The Bertz CT molecular complexity index is 1040. The van der Waals surface area contributed by atoms with Crippen LogP contribution in [0.4, 0.5) is 10.1 Å². The fraction of sp³-hybridized carbons (Fsp3) is 0.100. The van der Waals surface area contributed by atoms with Crippen molar-refractivity contribution in [3.8, 4) is 11.1 Å². The molecule has 0 bridgehead atoms. The largest absolute Gasteiger partial charge is 0.477 e. The number of aromatic carboxylic acids is 1. The fourth-order valence-electron chi connectivity index (χ4n) is 3.29. The summed E-state index contributed by atoms with van der Waals surface area (Å²) in [5, 5.41) is 13.1. The van der Waals surface area contributed by atoms with Crippen LogP contribution in [0, 0.1) is 5.82 Å². The molecule has 0 unspecified atom stereocenters. The summed E-state index contributed by atoms with van der Waals surface area (Å²) in [6.07, 6.45) is 0.219. The van der Waals surface area contributed by atoms with E-state index in [2.05, 4.69) is 5.32 Å². The molecular formula is C20H13ClFNO3S. The molecule has 1 amide bonds. The number of carbonyl (C=O) groups is 2. The first-order valence-electron chi connectivity index (χ1n) is 8.15. The molecule has 0 radical (unpaired) electrons. The molecule has 0 aliphatic carbocycles. The van der Waals surface area contributed by atoms with Gasteiger partial charge in [0.25, 0.3) is 0 Å². The van der Waals surface area contributed by atoms with Gasteiger partial charge >= 0.3 is 5.97 Å². The van der Waals surface area contributed by atoms with E-state index < -0.39 is 11.8 Å². The van der Waals surface area contributed by atoms with Gasteiger partial charge in [0.15, 0.2) is 0 Å². The molecule has 1 aliphatic heterocycles. The van der Waals surface area contributed by atoms with Crippen LogP contribution >= 0.6 is 22.9 Å². The maximum Gasteiger partial charge on any atom is 0.346 e. The molecule has 0 fully saturated rings. The van der Waals surface area contributed by atoms with Gasteiger partial charge in [0.1, 0.15) is 10.7 Å². The predicted molar refractivity (Wildman–Crippen MR) is 103 cm³/mol. The summed E-state index contributed by atoms with van der Waals surface area (Å²) in [5.74, 6) is -1.95. The zero-order valence-electron chi connectivity index (χ0n) is 13.8. The number of benzene rings is 2. The molecule has 2 aromatic carbocycles. The van der Waals surface area contributed by atoms with Gasteiger partial charge < -0.3 is 10.4 Å². The van der Waals surface area contributed by atoms with Crippen molar-refractivity contribution in [3.63, 3.8) is 0 Å². The van der Waals surface area contributed by atoms with E-state index in [0.717, 1.165) is 21.8 Å². The van der Waals surface area contributed by atoms with Crippen molar-refractivity contribution in [1.82, 2.24) is 0 Å². The molecule has 0 spiro atoms. The molecular weight excluding hydrogens is 389 g/mol. The lowest BCUT2D eigenvalue weighted by Crippen LogP contribution is -2.22. The Morgan fingerprint density at radius 3 is 2.44 bits per heavy atom. The lowest BCUT2D eigenvalue weighted by Gasteiger charge is -2.24. The number of nitrogens with one attached hydrogen (secondary N) is 1. The minimum Gasteiger partial charge on any atom is -0.477 e. The summed E-state index contributed by atoms with van der Waals surface area (Å²) < 4.78 is 13.3. The van der Waals surface area contributed by atoms with Gasteiger partial charge in [-0.1, -0.05) is 35.9 Å². The zero-order chi connectivity index (χ0) is 19.1. The van der Waals surface area contributed by atoms with Crippen molar-refractivity contribution >= 4 is 40.5 Å². The van der Waals surface area contributed by atoms with Crippen LogP contribution in [0.2, 0.25) is 5.02 Å². The molecule has 27 heavy (non-hydrogen) atoms. The van der Waals surface area contributed by atoms with Crippen molar-refractivity contribution in [2.45, 2.75) is 12.3 Å². The summed E-state index contributed by atoms with van der Waals surface area (Å²) in [6.45, 7) is 0. The topological polar surface area (TPSA) is 66.4 Å². The molecule has 0 saturated heterocycles. The van der Waals surface area contributed by atoms with E-state index in [-0.39, 0.29) is 23.1 Å². The highest BCUT2D eigenvalue weighted by molar-refractivity contribution is 7.15. The van der Waals surface area contributed by atoms with Crippen LogP contribution in [-0.2, 0) is 4.79 Å². The number of rotatable bonds is 3. The van der Waals surface area contributed by atoms with Gasteiger partial charge in [-0.25, -0.2) is 9.18 Å². The molecule has 2 N–H and O–H groups in total. The highest BCUT2D eigenvalue weighted by Crippen LogP contribution is 2.49. The number of anilines is 1. The van der Waals surface area contributed by atoms with Crippen LogP contribution in [0.15, 0.2) is 48.5 Å². The number of hydrogen-bond acceptors (Lipinski definition) is 3. The van der Waals surface area contributed by atoms with Crippen LogP contribution in [0.25, 0.3) is 11.1 Å². The predicted octanol–water partition coefficient (Wildman–Crippen LogP) is 5.38.